The minimum atomic E-state index is -0.230. The van der Waals surface area contributed by atoms with Crippen molar-refractivity contribution < 1.29 is 9.59 Å². The maximum absolute atomic E-state index is 13.3. The number of likely N-dealkylation sites (N-methyl/N-ethyl adjacent to an activating group) is 1. The molecule has 1 aromatic heterocycles. The largest absolute Gasteiger partial charge is 0.340 e. The van der Waals surface area contributed by atoms with E-state index in [-0.39, 0.29) is 18.0 Å². The quantitative estimate of drug-likeness (QED) is 0.442. The summed E-state index contributed by atoms with van der Waals surface area (Å²) in [5.74, 6) is 1.04. The third-order valence-electron chi connectivity index (χ3n) is 8.08. The van der Waals surface area contributed by atoms with E-state index in [4.69, 9.17) is 16.9 Å². The van der Waals surface area contributed by atoms with Crippen molar-refractivity contribution in [3.63, 3.8) is 0 Å². The van der Waals surface area contributed by atoms with Crippen molar-refractivity contribution in [2.75, 3.05) is 26.7 Å². The molecule has 1 aliphatic heterocycles. The number of nitriles is 1. The maximum atomic E-state index is 13.3. The third kappa shape index (κ3) is 6.21. The molecule has 0 N–H and O–H groups in total. The number of amides is 1. The Morgan fingerprint density at radius 3 is 2.64 bits per heavy atom. The van der Waals surface area contributed by atoms with Gasteiger partial charge in [0.2, 0.25) is 5.91 Å². The van der Waals surface area contributed by atoms with Crippen molar-refractivity contribution in [3.05, 3.63) is 74.8 Å². The topological polar surface area (TPSA) is 99.3 Å². The number of piperidine rings is 1. The molecule has 1 saturated carbocycles. The van der Waals surface area contributed by atoms with Crippen LogP contribution in [0, 0.1) is 17.2 Å². The average Bonchev–Trinajstić information content (AvgIpc) is 3.35. The molecule has 8 nitrogen and oxygen atoms in total. The zero-order valence-corrected chi connectivity index (χ0v) is 22.9. The first-order chi connectivity index (χ1) is 18.8. The van der Waals surface area contributed by atoms with E-state index in [9.17, 15) is 14.4 Å². The summed E-state index contributed by atoms with van der Waals surface area (Å²) in [6.45, 7) is 3.19. The fraction of sp³-hybridized carbons (Fsp3) is 0.433. The highest BCUT2D eigenvalue weighted by Gasteiger charge is 2.27. The first-order valence-electron chi connectivity index (χ1n) is 13.5. The molecule has 1 unspecified atom stereocenters. The van der Waals surface area contributed by atoms with Gasteiger partial charge in [0.05, 0.1) is 27.8 Å². The van der Waals surface area contributed by atoms with Gasteiger partial charge in [-0.05, 0) is 79.6 Å². The zero-order valence-electron chi connectivity index (χ0n) is 22.1. The van der Waals surface area contributed by atoms with Crippen LogP contribution in [-0.4, -0.2) is 57.7 Å². The number of fused-ring (bicyclic) bond motifs is 1. The lowest BCUT2D eigenvalue weighted by molar-refractivity contribution is -0.131. The number of hydrogen-bond acceptors (Lipinski definition) is 6. The van der Waals surface area contributed by atoms with E-state index in [0.717, 1.165) is 62.9 Å². The van der Waals surface area contributed by atoms with Crippen LogP contribution in [0.25, 0.3) is 10.9 Å². The van der Waals surface area contributed by atoms with Crippen molar-refractivity contribution in [3.8, 4) is 6.07 Å². The van der Waals surface area contributed by atoms with Gasteiger partial charge < -0.3 is 9.80 Å². The molecular formula is C30H32ClN5O3. The molecule has 1 atom stereocenters. The zero-order chi connectivity index (χ0) is 27.5. The Labute approximate surface area is 232 Å². The maximum Gasteiger partial charge on any atom is 0.261 e. The highest BCUT2D eigenvalue weighted by atomic mass is 35.5. The highest BCUT2D eigenvalue weighted by molar-refractivity contribution is 6.31. The van der Waals surface area contributed by atoms with Crippen LogP contribution in [0.1, 0.15) is 54.7 Å². The van der Waals surface area contributed by atoms with Gasteiger partial charge in [0, 0.05) is 33.0 Å². The minimum Gasteiger partial charge on any atom is -0.340 e. The molecule has 9 heteroatoms. The smallest absolute Gasteiger partial charge is 0.261 e. The fourth-order valence-corrected chi connectivity index (χ4v) is 6.03. The lowest BCUT2D eigenvalue weighted by atomic mass is 9.88. The van der Waals surface area contributed by atoms with Crippen LogP contribution in [0.2, 0.25) is 5.02 Å². The Hall–Kier alpha value is -3.54. The minimum absolute atomic E-state index is 0.116. The van der Waals surface area contributed by atoms with Crippen molar-refractivity contribution in [1.82, 2.24) is 19.4 Å². The van der Waals surface area contributed by atoms with E-state index in [1.165, 1.54) is 15.8 Å². The molecule has 2 aromatic carbocycles. The molecular weight excluding hydrogens is 514 g/mol. The SMILES string of the molecule is CN(Cc1ccc(C#N)c(Cl)c1)C(=O)Cn1cnc2ccc(C3CCN(CC4CCC(=O)C4)CC3)cc2c1=O. The van der Waals surface area contributed by atoms with Crippen LogP contribution >= 0.6 is 11.6 Å². The standard InChI is InChI=1S/C30H32ClN5O3/c1-34(16-21-2-4-24(15-32)27(31)13-21)29(38)18-36-19-33-28-7-5-23(14-26(28)30(36)39)22-8-10-35(11-9-22)17-20-3-6-25(37)12-20/h2,4-5,7,13-14,19-20,22H,3,6,8-12,16-18H2,1H3. The first-order valence-corrected chi connectivity index (χ1v) is 13.8. The molecule has 39 heavy (non-hydrogen) atoms. The number of halogens is 1. The summed E-state index contributed by atoms with van der Waals surface area (Å²) in [5, 5.41) is 9.92. The van der Waals surface area contributed by atoms with Crippen LogP contribution in [0.5, 0.6) is 0 Å². The number of rotatable bonds is 7. The summed E-state index contributed by atoms with van der Waals surface area (Å²) in [4.78, 5) is 46.3. The first kappa shape index (κ1) is 27.0. The molecule has 2 aliphatic rings. The lowest BCUT2D eigenvalue weighted by Crippen LogP contribution is -2.36. The van der Waals surface area contributed by atoms with Crippen LogP contribution in [0.4, 0.5) is 0 Å². The summed E-state index contributed by atoms with van der Waals surface area (Å²) in [5.41, 5.74) is 2.71. The predicted octanol–water partition coefficient (Wildman–Crippen LogP) is 4.13. The summed E-state index contributed by atoms with van der Waals surface area (Å²) >= 11 is 6.12. The Kier molecular flexibility index (Phi) is 8.10. The third-order valence-corrected chi connectivity index (χ3v) is 8.39. The van der Waals surface area contributed by atoms with Gasteiger partial charge >= 0.3 is 0 Å². The van der Waals surface area contributed by atoms with Gasteiger partial charge in [-0.2, -0.15) is 5.26 Å². The number of nitrogens with zero attached hydrogens (tertiary/aromatic N) is 5. The van der Waals surface area contributed by atoms with Gasteiger partial charge in [-0.25, -0.2) is 4.98 Å². The molecule has 202 valence electrons. The van der Waals surface area contributed by atoms with E-state index < -0.39 is 0 Å². The number of carbonyl (C=O) groups is 2. The lowest BCUT2D eigenvalue weighted by Gasteiger charge is -2.33. The van der Waals surface area contributed by atoms with E-state index in [2.05, 4.69) is 16.0 Å². The normalized spacial score (nSPS) is 18.4. The van der Waals surface area contributed by atoms with Gasteiger partial charge in [-0.3, -0.25) is 19.0 Å². The molecule has 5 rings (SSSR count). The van der Waals surface area contributed by atoms with E-state index >= 15 is 0 Å². The molecule has 0 bridgehead atoms. The van der Waals surface area contributed by atoms with Crippen molar-refractivity contribution >= 4 is 34.2 Å². The van der Waals surface area contributed by atoms with Crippen LogP contribution in [0.15, 0.2) is 47.5 Å². The van der Waals surface area contributed by atoms with Crippen LogP contribution in [0.3, 0.4) is 0 Å². The predicted molar refractivity (Wildman–Crippen MR) is 149 cm³/mol. The summed E-state index contributed by atoms with van der Waals surface area (Å²) in [7, 11) is 1.67. The Morgan fingerprint density at radius 1 is 1.15 bits per heavy atom. The molecule has 1 saturated heterocycles. The number of ketones is 1. The second kappa shape index (κ2) is 11.7. The number of benzene rings is 2. The molecule has 0 spiro atoms. The van der Waals surface area contributed by atoms with Gasteiger partial charge in [-0.15, -0.1) is 0 Å². The van der Waals surface area contributed by atoms with E-state index in [1.54, 1.807) is 25.2 Å². The van der Waals surface area contributed by atoms with Crippen molar-refractivity contribution in [1.29, 1.82) is 5.26 Å². The Bertz CT molecular complexity index is 1500. The van der Waals surface area contributed by atoms with E-state index in [1.807, 2.05) is 18.2 Å². The Balaban J connectivity index is 1.24. The van der Waals surface area contributed by atoms with E-state index in [0.29, 0.717) is 45.7 Å². The number of Topliss-reactive ketones (excluding diaryl/α,β-unsaturated/α-hetero) is 1. The molecule has 2 heterocycles. The number of aromatic nitrogens is 2. The van der Waals surface area contributed by atoms with Gasteiger partial charge in [0.15, 0.2) is 0 Å². The van der Waals surface area contributed by atoms with Gasteiger partial charge in [-0.1, -0.05) is 23.7 Å². The fourth-order valence-electron chi connectivity index (χ4n) is 5.78. The van der Waals surface area contributed by atoms with Crippen molar-refractivity contribution in [2.24, 2.45) is 5.92 Å². The second-order valence-corrected chi connectivity index (χ2v) is 11.3. The summed E-state index contributed by atoms with van der Waals surface area (Å²) in [6.07, 6.45) is 5.95. The highest BCUT2D eigenvalue weighted by Crippen LogP contribution is 2.31. The molecule has 0 radical (unpaired) electrons. The average molecular weight is 546 g/mol. The monoisotopic (exact) mass is 545 g/mol. The molecule has 2 fully saturated rings. The van der Waals surface area contributed by atoms with Gasteiger partial charge in [0.1, 0.15) is 18.4 Å². The number of carbonyl (C=O) groups excluding carboxylic acids is 2. The Morgan fingerprint density at radius 2 is 1.95 bits per heavy atom. The number of likely N-dealkylation sites (tertiary alicyclic amines) is 1. The molecule has 1 amide bonds. The van der Waals surface area contributed by atoms with Crippen molar-refractivity contribution in [2.45, 2.75) is 51.1 Å². The van der Waals surface area contributed by atoms with Gasteiger partial charge in [0.25, 0.3) is 5.56 Å². The molecule has 1 aliphatic carbocycles. The molecule has 3 aromatic rings. The second-order valence-electron chi connectivity index (χ2n) is 10.9. The summed E-state index contributed by atoms with van der Waals surface area (Å²) in [6, 6.07) is 13.0. The van der Waals surface area contributed by atoms with Crippen LogP contribution < -0.4 is 5.56 Å². The number of hydrogen-bond donors (Lipinski definition) is 0. The summed E-state index contributed by atoms with van der Waals surface area (Å²) < 4.78 is 1.36. The van der Waals surface area contributed by atoms with Crippen LogP contribution in [-0.2, 0) is 22.7 Å².